The van der Waals surface area contributed by atoms with E-state index < -0.39 is 42.3 Å². The first-order valence-electron chi connectivity index (χ1n) is 19.1. The summed E-state index contributed by atoms with van der Waals surface area (Å²) in [5.41, 5.74) is 7.26. The summed E-state index contributed by atoms with van der Waals surface area (Å²) in [6.45, 7) is 4.45. The van der Waals surface area contributed by atoms with Crippen LogP contribution in [0.15, 0.2) is 150 Å². The van der Waals surface area contributed by atoms with Gasteiger partial charge in [-0.05, 0) is 78.2 Å². The summed E-state index contributed by atoms with van der Waals surface area (Å²) in [7, 11) is 0. The standard InChI is InChI=1S/C43H30O/c1-43(2)36-23-11-10-20-33(36)42-34(22-12-24-37(42)43)39-26-35-32(21-13-25-38(35)44-39)41-30-18-8-6-16-28(30)40(27-14-4-3-5-15-27)29-17-7-9-19-31(29)41/h3-26H,1-2H3/i3D,4D,5D,6D,8D,14D,15D,16D,18D. The van der Waals surface area contributed by atoms with Crippen LogP contribution in [0.4, 0.5) is 0 Å². The van der Waals surface area contributed by atoms with E-state index in [1.54, 1.807) is 12.1 Å². The molecule has 208 valence electrons. The lowest BCUT2D eigenvalue weighted by molar-refractivity contribution is 0.631. The summed E-state index contributed by atoms with van der Waals surface area (Å²) < 4.78 is 85.6. The molecule has 1 nitrogen and oxygen atoms in total. The monoisotopic (exact) mass is 571 g/mol. The molecule has 0 radical (unpaired) electrons. The molecule has 0 bridgehead atoms. The predicted molar refractivity (Wildman–Crippen MR) is 185 cm³/mol. The Morgan fingerprint density at radius 3 is 1.93 bits per heavy atom. The molecule has 0 aliphatic heterocycles. The zero-order valence-corrected chi connectivity index (χ0v) is 24.1. The summed E-state index contributed by atoms with van der Waals surface area (Å²) in [6, 6.07) is 25.4. The highest BCUT2D eigenvalue weighted by molar-refractivity contribution is 6.23. The van der Waals surface area contributed by atoms with E-state index in [9.17, 15) is 2.74 Å². The number of benzene rings is 7. The molecule has 0 N–H and O–H groups in total. The van der Waals surface area contributed by atoms with E-state index in [1.807, 2.05) is 48.5 Å². The Morgan fingerprint density at radius 1 is 0.500 bits per heavy atom. The van der Waals surface area contributed by atoms with E-state index in [0.717, 1.165) is 22.1 Å². The van der Waals surface area contributed by atoms with Crippen molar-refractivity contribution in [2.75, 3.05) is 0 Å². The third-order valence-corrected chi connectivity index (χ3v) is 9.11. The van der Waals surface area contributed by atoms with E-state index >= 15 is 0 Å². The normalized spacial score (nSPS) is 16.3. The minimum atomic E-state index is -0.547. The Labute approximate surface area is 269 Å². The summed E-state index contributed by atoms with van der Waals surface area (Å²) in [5, 5.41) is 2.07. The second kappa shape index (κ2) is 9.30. The molecule has 0 saturated heterocycles. The van der Waals surface area contributed by atoms with Crippen LogP contribution >= 0.6 is 0 Å². The van der Waals surface area contributed by atoms with Gasteiger partial charge in [0.2, 0.25) is 0 Å². The summed E-state index contributed by atoms with van der Waals surface area (Å²) >= 11 is 0. The highest BCUT2D eigenvalue weighted by Gasteiger charge is 2.37. The molecule has 1 heteroatoms. The highest BCUT2D eigenvalue weighted by atomic mass is 16.3. The fourth-order valence-electron chi connectivity index (χ4n) is 7.16. The second-order valence-electron chi connectivity index (χ2n) is 11.8. The fourth-order valence-corrected chi connectivity index (χ4v) is 7.16. The van der Waals surface area contributed by atoms with Crippen molar-refractivity contribution in [3.8, 4) is 44.7 Å². The maximum Gasteiger partial charge on any atom is 0.136 e. The second-order valence-corrected chi connectivity index (χ2v) is 11.8. The smallest absolute Gasteiger partial charge is 0.136 e. The van der Waals surface area contributed by atoms with Crippen molar-refractivity contribution in [1.82, 2.24) is 0 Å². The third kappa shape index (κ3) is 3.47. The van der Waals surface area contributed by atoms with Gasteiger partial charge >= 0.3 is 0 Å². The van der Waals surface area contributed by atoms with Crippen LogP contribution in [-0.2, 0) is 5.41 Å². The third-order valence-electron chi connectivity index (χ3n) is 9.11. The number of furan rings is 1. The molecule has 0 spiro atoms. The number of hydrogen-bond acceptors (Lipinski definition) is 1. The molecule has 1 aliphatic rings. The molecule has 8 aromatic rings. The first-order chi connectivity index (χ1) is 25.3. The molecule has 0 atom stereocenters. The minimum Gasteiger partial charge on any atom is -0.456 e. The average Bonchev–Trinajstić information content (AvgIpc) is 3.71. The van der Waals surface area contributed by atoms with Crippen molar-refractivity contribution >= 4 is 32.5 Å². The lowest BCUT2D eigenvalue weighted by atomic mass is 9.82. The Bertz CT molecular complexity index is 2890. The molecule has 0 fully saturated rings. The van der Waals surface area contributed by atoms with E-state index in [0.29, 0.717) is 33.2 Å². The first-order valence-corrected chi connectivity index (χ1v) is 14.6. The maximum atomic E-state index is 9.30. The largest absolute Gasteiger partial charge is 0.456 e. The van der Waals surface area contributed by atoms with E-state index in [1.165, 1.54) is 11.1 Å². The first kappa shape index (κ1) is 17.7. The van der Waals surface area contributed by atoms with Gasteiger partial charge in [0.1, 0.15) is 11.3 Å². The summed E-state index contributed by atoms with van der Waals surface area (Å²) in [6.07, 6.45) is 0. The van der Waals surface area contributed by atoms with Gasteiger partial charge in [0.15, 0.2) is 0 Å². The zero-order valence-electron chi connectivity index (χ0n) is 33.1. The molecular formula is C43H30O. The Hall–Kier alpha value is -5.40. The average molecular weight is 572 g/mol. The van der Waals surface area contributed by atoms with Crippen LogP contribution in [0.5, 0.6) is 0 Å². The molecule has 44 heavy (non-hydrogen) atoms. The van der Waals surface area contributed by atoms with Gasteiger partial charge in [0.05, 0.1) is 12.3 Å². The quantitative estimate of drug-likeness (QED) is 0.192. The predicted octanol–water partition coefficient (Wildman–Crippen LogP) is 12.0. The Kier molecular flexibility index (Phi) is 3.73. The molecule has 0 amide bonds. The van der Waals surface area contributed by atoms with Crippen LogP contribution in [0.25, 0.3) is 77.2 Å². The summed E-state index contributed by atoms with van der Waals surface area (Å²) in [4.78, 5) is 0. The zero-order chi connectivity index (χ0) is 37.2. The molecule has 7 aromatic carbocycles. The fraction of sp³-hybridized carbons (Fsp3) is 0.0698. The number of hydrogen-bond donors (Lipinski definition) is 0. The maximum absolute atomic E-state index is 9.30. The molecule has 1 aliphatic carbocycles. The van der Waals surface area contributed by atoms with Gasteiger partial charge in [0.25, 0.3) is 0 Å². The minimum absolute atomic E-state index is 0.0728. The van der Waals surface area contributed by atoms with Crippen LogP contribution < -0.4 is 0 Å². The van der Waals surface area contributed by atoms with Crippen LogP contribution in [0.1, 0.15) is 37.3 Å². The van der Waals surface area contributed by atoms with Gasteiger partial charge in [-0.2, -0.15) is 0 Å². The lowest BCUT2D eigenvalue weighted by Crippen LogP contribution is -2.14. The number of rotatable bonds is 3. The van der Waals surface area contributed by atoms with Gasteiger partial charge < -0.3 is 4.42 Å². The van der Waals surface area contributed by atoms with Crippen molar-refractivity contribution in [3.05, 3.63) is 157 Å². The molecular weight excluding hydrogens is 532 g/mol. The molecule has 9 rings (SSSR count). The van der Waals surface area contributed by atoms with Crippen molar-refractivity contribution in [2.24, 2.45) is 0 Å². The van der Waals surface area contributed by atoms with Crippen LogP contribution in [0, 0.1) is 0 Å². The topological polar surface area (TPSA) is 13.1 Å². The molecule has 0 saturated carbocycles. The summed E-state index contributed by atoms with van der Waals surface area (Å²) in [5.74, 6) is 0.656. The van der Waals surface area contributed by atoms with Gasteiger partial charge in [-0.15, -0.1) is 0 Å². The van der Waals surface area contributed by atoms with E-state index in [4.69, 9.17) is 14.0 Å². The van der Waals surface area contributed by atoms with Crippen LogP contribution in [-0.4, -0.2) is 0 Å². The van der Waals surface area contributed by atoms with Crippen LogP contribution in [0.2, 0.25) is 0 Å². The van der Waals surface area contributed by atoms with Crippen molar-refractivity contribution < 1.29 is 16.8 Å². The Balaban J connectivity index is 1.41. The Morgan fingerprint density at radius 2 is 1.11 bits per heavy atom. The van der Waals surface area contributed by atoms with Crippen LogP contribution in [0.3, 0.4) is 0 Å². The molecule has 1 aromatic heterocycles. The number of fused-ring (bicyclic) bond motifs is 6. The van der Waals surface area contributed by atoms with Gasteiger partial charge in [-0.1, -0.05) is 147 Å². The van der Waals surface area contributed by atoms with Gasteiger partial charge in [0, 0.05) is 16.4 Å². The lowest BCUT2D eigenvalue weighted by Gasteiger charge is -2.21. The van der Waals surface area contributed by atoms with Crippen molar-refractivity contribution in [3.63, 3.8) is 0 Å². The highest BCUT2D eigenvalue weighted by Crippen LogP contribution is 2.53. The molecule has 1 heterocycles. The van der Waals surface area contributed by atoms with Crippen molar-refractivity contribution in [2.45, 2.75) is 19.3 Å². The van der Waals surface area contributed by atoms with E-state index in [2.05, 4.69) is 44.2 Å². The van der Waals surface area contributed by atoms with Crippen molar-refractivity contribution in [1.29, 1.82) is 0 Å². The molecule has 0 unspecified atom stereocenters. The SMILES string of the molecule is [2H]c1c([2H])c([2H])c(-c2c3ccccc3c(-c3cccc4oc(-c5cccc6c5-c5ccccc5C6(C)C)cc34)c3c([2H])c([2H])c([2H])c([2H])c23)c([2H])c1[2H]. The van der Waals surface area contributed by atoms with Gasteiger partial charge in [-0.3, -0.25) is 0 Å². The van der Waals surface area contributed by atoms with Gasteiger partial charge in [-0.25, -0.2) is 0 Å². The van der Waals surface area contributed by atoms with E-state index in [-0.39, 0.29) is 39.4 Å².